The van der Waals surface area contributed by atoms with Crippen LogP contribution in [0, 0.1) is 0 Å². The van der Waals surface area contributed by atoms with E-state index in [4.69, 9.17) is 9.47 Å². The summed E-state index contributed by atoms with van der Waals surface area (Å²) in [5.41, 5.74) is 3.89. The molecule has 0 saturated carbocycles. The van der Waals surface area contributed by atoms with Gasteiger partial charge in [-0.15, -0.1) is 0 Å². The first kappa shape index (κ1) is 23.3. The standard InChI is InChI=1S/C28H33N3O4/c1-4-5-6-9-14-30-17-25(32)31-23(28(30)33)16-21-19-10-7-8-11-22(19)29-26(21)27(31)20-13-12-18(34-2)15-24(20)35-3/h7-8,10-13,15,23,27,29H,4-6,9,14,16-17H2,1-3H3/t23-,27+/m0/s1. The predicted molar refractivity (Wildman–Crippen MR) is 135 cm³/mol. The summed E-state index contributed by atoms with van der Waals surface area (Å²) >= 11 is 0. The van der Waals surface area contributed by atoms with Crippen molar-refractivity contribution in [2.75, 3.05) is 27.3 Å². The lowest BCUT2D eigenvalue weighted by atomic mass is 9.85. The van der Waals surface area contributed by atoms with Crippen LogP contribution in [0.1, 0.15) is 55.5 Å². The molecule has 7 heteroatoms. The van der Waals surface area contributed by atoms with E-state index in [1.807, 2.05) is 36.4 Å². The van der Waals surface area contributed by atoms with Gasteiger partial charge in [-0.05, 0) is 30.2 Å². The summed E-state index contributed by atoms with van der Waals surface area (Å²) in [7, 11) is 3.23. The van der Waals surface area contributed by atoms with Crippen LogP contribution in [0.25, 0.3) is 10.9 Å². The van der Waals surface area contributed by atoms with Crippen molar-refractivity contribution in [1.82, 2.24) is 14.8 Å². The number of aromatic nitrogens is 1. The van der Waals surface area contributed by atoms with E-state index >= 15 is 0 Å². The van der Waals surface area contributed by atoms with Crippen LogP contribution in [0.15, 0.2) is 42.5 Å². The molecule has 0 unspecified atom stereocenters. The summed E-state index contributed by atoms with van der Waals surface area (Å²) in [6, 6.07) is 12.8. The molecular weight excluding hydrogens is 442 g/mol. The van der Waals surface area contributed by atoms with E-state index in [2.05, 4.69) is 18.0 Å². The number of fused-ring (bicyclic) bond motifs is 4. The summed E-state index contributed by atoms with van der Waals surface area (Å²) in [6.45, 7) is 2.92. The van der Waals surface area contributed by atoms with Crippen molar-refractivity contribution in [3.05, 3.63) is 59.3 Å². The Bertz CT molecular complexity index is 1250. The van der Waals surface area contributed by atoms with Crippen LogP contribution in [-0.4, -0.2) is 59.9 Å². The number of nitrogens with one attached hydrogen (secondary N) is 1. The van der Waals surface area contributed by atoms with Crippen LogP contribution in [-0.2, 0) is 16.0 Å². The van der Waals surface area contributed by atoms with E-state index < -0.39 is 12.1 Å². The topological polar surface area (TPSA) is 74.9 Å². The monoisotopic (exact) mass is 475 g/mol. The molecule has 0 radical (unpaired) electrons. The summed E-state index contributed by atoms with van der Waals surface area (Å²) < 4.78 is 11.1. The fourth-order valence-corrected chi connectivity index (χ4v) is 5.61. The van der Waals surface area contributed by atoms with Crippen LogP contribution in [0.4, 0.5) is 0 Å². The Balaban J connectivity index is 1.60. The van der Waals surface area contributed by atoms with Crippen molar-refractivity contribution in [2.45, 2.75) is 51.1 Å². The Labute approximate surface area is 206 Å². The smallest absolute Gasteiger partial charge is 0.246 e. The number of para-hydroxylation sites is 1. The van der Waals surface area contributed by atoms with Gasteiger partial charge in [0, 0.05) is 41.2 Å². The first-order valence-corrected chi connectivity index (χ1v) is 12.5. The van der Waals surface area contributed by atoms with Crippen LogP contribution in [0.5, 0.6) is 11.5 Å². The van der Waals surface area contributed by atoms with Gasteiger partial charge in [0.05, 0.1) is 20.8 Å². The van der Waals surface area contributed by atoms with E-state index in [1.165, 1.54) is 0 Å². The number of amides is 2. The highest BCUT2D eigenvalue weighted by Gasteiger charge is 2.48. The van der Waals surface area contributed by atoms with E-state index in [-0.39, 0.29) is 18.4 Å². The molecule has 0 spiro atoms. The molecule has 2 atom stereocenters. The number of hydrogen-bond acceptors (Lipinski definition) is 4. The second kappa shape index (κ2) is 9.64. The maximum Gasteiger partial charge on any atom is 0.246 e. The van der Waals surface area contributed by atoms with Crippen molar-refractivity contribution in [1.29, 1.82) is 0 Å². The Morgan fingerprint density at radius 2 is 1.86 bits per heavy atom. The Kier molecular flexibility index (Phi) is 6.41. The molecule has 35 heavy (non-hydrogen) atoms. The van der Waals surface area contributed by atoms with E-state index in [1.54, 1.807) is 24.0 Å². The molecule has 184 valence electrons. The normalized spacial score (nSPS) is 19.6. The number of benzene rings is 2. The highest BCUT2D eigenvalue weighted by molar-refractivity contribution is 5.97. The highest BCUT2D eigenvalue weighted by Crippen LogP contribution is 2.45. The number of carbonyl (C=O) groups excluding carboxylic acids is 2. The first-order valence-electron chi connectivity index (χ1n) is 12.5. The molecule has 1 fully saturated rings. The number of aromatic amines is 1. The summed E-state index contributed by atoms with van der Waals surface area (Å²) in [5.74, 6) is 1.31. The molecule has 3 aromatic rings. The summed E-state index contributed by atoms with van der Waals surface area (Å²) in [5, 5.41) is 1.10. The lowest BCUT2D eigenvalue weighted by Gasteiger charge is -2.47. The zero-order valence-corrected chi connectivity index (χ0v) is 20.7. The van der Waals surface area contributed by atoms with Gasteiger partial charge in [0.15, 0.2) is 0 Å². The zero-order chi connectivity index (χ0) is 24.5. The van der Waals surface area contributed by atoms with Crippen molar-refractivity contribution in [3.8, 4) is 11.5 Å². The maximum absolute atomic E-state index is 13.7. The third-order valence-corrected chi connectivity index (χ3v) is 7.36. The average molecular weight is 476 g/mol. The Hall–Kier alpha value is -3.48. The number of hydrogen-bond donors (Lipinski definition) is 1. The van der Waals surface area contributed by atoms with Gasteiger partial charge in [-0.3, -0.25) is 9.59 Å². The number of piperazine rings is 1. The Morgan fingerprint density at radius 3 is 2.63 bits per heavy atom. The van der Waals surface area contributed by atoms with Gasteiger partial charge in [-0.25, -0.2) is 0 Å². The van der Waals surface area contributed by atoms with Gasteiger partial charge in [0.2, 0.25) is 11.8 Å². The van der Waals surface area contributed by atoms with Gasteiger partial charge in [-0.2, -0.15) is 0 Å². The third-order valence-electron chi connectivity index (χ3n) is 7.36. The van der Waals surface area contributed by atoms with Crippen LogP contribution in [0.2, 0.25) is 0 Å². The quantitative estimate of drug-likeness (QED) is 0.489. The average Bonchev–Trinajstić information content (AvgIpc) is 3.26. The van der Waals surface area contributed by atoms with Gasteiger partial charge in [0.25, 0.3) is 0 Å². The maximum atomic E-state index is 13.7. The number of nitrogens with zero attached hydrogens (tertiary/aromatic N) is 2. The van der Waals surface area contributed by atoms with Crippen molar-refractivity contribution in [2.24, 2.45) is 0 Å². The van der Waals surface area contributed by atoms with Gasteiger partial charge < -0.3 is 24.3 Å². The van der Waals surface area contributed by atoms with Crippen molar-refractivity contribution < 1.29 is 19.1 Å². The van der Waals surface area contributed by atoms with E-state index in [0.29, 0.717) is 24.5 Å². The minimum Gasteiger partial charge on any atom is -0.497 e. The van der Waals surface area contributed by atoms with Crippen molar-refractivity contribution >= 4 is 22.7 Å². The molecular formula is C28H33N3O4. The van der Waals surface area contributed by atoms with Gasteiger partial charge >= 0.3 is 0 Å². The van der Waals surface area contributed by atoms with E-state index in [0.717, 1.165) is 53.4 Å². The highest BCUT2D eigenvalue weighted by atomic mass is 16.5. The fourth-order valence-electron chi connectivity index (χ4n) is 5.61. The molecule has 2 aromatic carbocycles. The fraction of sp³-hybridized carbons (Fsp3) is 0.429. The first-order chi connectivity index (χ1) is 17.1. The molecule has 1 N–H and O–H groups in total. The van der Waals surface area contributed by atoms with Gasteiger partial charge in [-0.1, -0.05) is 44.4 Å². The number of methoxy groups -OCH3 is 2. The predicted octanol–water partition coefficient (Wildman–Crippen LogP) is 4.45. The molecule has 3 heterocycles. The lowest BCUT2D eigenvalue weighted by Crippen LogP contribution is -2.63. The number of H-pyrrole nitrogens is 1. The molecule has 5 rings (SSSR count). The largest absolute Gasteiger partial charge is 0.497 e. The van der Waals surface area contributed by atoms with E-state index in [9.17, 15) is 9.59 Å². The molecule has 1 aromatic heterocycles. The van der Waals surface area contributed by atoms with Crippen molar-refractivity contribution in [3.63, 3.8) is 0 Å². The molecule has 2 aliphatic heterocycles. The Morgan fingerprint density at radius 1 is 1.03 bits per heavy atom. The molecule has 1 saturated heterocycles. The van der Waals surface area contributed by atoms with Gasteiger partial charge in [0.1, 0.15) is 23.6 Å². The van der Waals surface area contributed by atoms with Crippen LogP contribution in [0.3, 0.4) is 0 Å². The molecule has 0 aliphatic carbocycles. The number of rotatable bonds is 8. The van der Waals surface area contributed by atoms with Crippen LogP contribution < -0.4 is 9.47 Å². The van der Waals surface area contributed by atoms with Crippen LogP contribution >= 0.6 is 0 Å². The zero-order valence-electron chi connectivity index (χ0n) is 20.7. The molecule has 2 amide bonds. The lowest BCUT2D eigenvalue weighted by molar-refractivity contribution is -0.158. The third kappa shape index (κ3) is 4.03. The molecule has 7 nitrogen and oxygen atoms in total. The second-order valence-corrected chi connectivity index (χ2v) is 9.41. The second-order valence-electron chi connectivity index (χ2n) is 9.41. The number of ether oxygens (including phenoxy) is 2. The minimum atomic E-state index is -0.536. The number of carbonyl (C=O) groups is 2. The SMILES string of the molecule is CCCCCCN1CC(=O)N2[C@H](c3ccc(OC)cc3OC)c3[nH]c4ccccc4c3C[C@H]2C1=O. The number of unbranched alkanes of at least 4 members (excludes halogenated alkanes) is 3. The minimum absolute atomic E-state index is 0.0303. The molecule has 0 bridgehead atoms. The summed E-state index contributed by atoms with van der Waals surface area (Å²) in [4.78, 5) is 34.5. The summed E-state index contributed by atoms with van der Waals surface area (Å²) in [6.07, 6.45) is 4.78. The molecule has 2 aliphatic rings.